The smallest absolute Gasteiger partial charge is 0.227 e. The number of nitrogens with zero attached hydrogens (tertiary/aromatic N) is 2. The molecule has 1 fully saturated rings. The van der Waals surface area contributed by atoms with Crippen LogP contribution in [-0.4, -0.2) is 16.1 Å². The molecule has 2 aromatic carbocycles. The highest BCUT2D eigenvalue weighted by Gasteiger charge is 2.28. The SMILES string of the molecule is CC1(C)CCC(Oc2cc(Br)cc3cnc(Nc4ccccc4)nc23)CC1. The number of hydrogen-bond donors (Lipinski definition) is 1. The summed E-state index contributed by atoms with van der Waals surface area (Å²) >= 11 is 3.59. The van der Waals surface area contributed by atoms with Gasteiger partial charge in [0, 0.05) is 21.7 Å². The van der Waals surface area contributed by atoms with E-state index >= 15 is 0 Å². The van der Waals surface area contributed by atoms with Crippen LogP contribution in [0.15, 0.2) is 53.1 Å². The fourth-order valence-electron chi connectivity index (χ4n) is 3.55. The van der Waals surface area contributed by atoms with Crippen molar-refractivity contribution in [3.05, 3.63) is 53.1 Å². The van der Waals surface area contributed by atoms with Crippen molar-refractivity contribution < 1.29 is 4.74 Å². The van der Waals surface area contributed by atoms with Crippen molar-refractivity contribution >= 4 is 38.5 Å². The summed E-state index contributed by atoms with van der Waals surface area (Å²) in [6.45, 7) is 4.68. The lowest BCUT2D eigenvalue weighted by molar-refractivity contribution is 0.0998. The Morgan fingerprint density at radius 3 is 2.59 bits per heavy atom. The number of anilines is 2. The van der Waals surface area contributed by atoms with Crippen LogP contribution in [0.2, 0.25) is 0 Å². The van der Waals surface area contributed by atoms with Crippen LogP contribution in [0.25, 0.3) is 10.9 Å². The van der Waals surface area contributed by atoms with E-state index in [1.807, 2.05) is 48.7 Å². The monoisotopic (exact) mass is 425 g/mol. The highest BCUT2D eigenvalue weighted by molar-refractivity contribution is 9.10. The zero-order valence-corrected chi connectivity index (χ0v) is 17.3. The summed E-state index contributed by atoms with van der Waals surface area (Å²) in [5, 5.41) is 4.23. The summed E-state index contributed by atoms with van der Waals surface area (Å²) in [7, 11) is 0. The first-order valence-electron chi connectivity index (χ1n) is 9.44. The van der Waals surface area contributed by atoms with Crippen molar-refractivity contribution in [1.82, 2.24) is 9.97 Å². The number of nitrogens with one attached hydrogen (secondary N) is 1. The van der Waals surface area contributed by atoms with Crippen molar-refractivity contribution in [2.45, 2.75) is 45.6 Å². The molecule has 0 bridgehead atoms. The molecule has 0 aliphatic heterocycles. The van der Waals surface area contributed by atoms with Crippen LogP contribution in [0.4, 0.5) is 11.6 Å². The number of rotatable bonds is 4. The second kappa shape index (κ2) is 7.47. The van der Waals surface area contributed by atoms with E-state index in [4.69, 9.17) is 9.72 Å². The molecule has 0 amide bonds. The van der Waals surface area contributed by atoms with Gasteiger partial charge in [0.25, 0.3) is 0 Å². The first kappa shape index (κ1) is 18.2. The topological polar surface area (TPSA) is 47.0 Å². The number of para-hydroxylation sites is 1. The summed E-state index contributed by atoms with van der Waals surface area (Å²) in [5.74, 6) is 1.40. The molecule has 5 heteroatoms. The third kappa shape index (κ3) is 4.41. The lowest BCUT2D eigenvalue weighted by atomic mass is 9.76. The number of halogens is 1. The number of benzene rings is 2. The average Bonchev–Trinajstić information content (AvgIpc) is 2.65. The maximum atomic E-state index is 6.40. The Morgan fingerprint density at radius 1 is 1.11 bits per heavy atom. The molecular formula is C22H24BrN3O. The van der Waals surface area contributed by atoms with Crippen molar-refractivity contribution in [1.29, 1.82) is 0 Å². The van der Waals surface area contributed by atoms with Crippen molar-refractivity contribution in [2.24, 2.45) is 5.41 Å². The Morgan fingerprint density at radius 2 is 1.85 bits per heavy atom. The molecule has 27 heavy (non-hydrogen) atoms. The van der Waals surface area contributed by atoms with Crippen molar-refractivity contribution in [3.8, 4) is 5.75 Å². The molecule has 1 aromatic heterocycles. The largest absolute Gasteiger partial charge is 0.488 e. The van der Waals surface area contributed by atoms with E-state index in [-0.39, 0.29) is 6.10 Å². The standard InChI is InChI=1S/C22H24BrN3O/c1-22(2)10-8-18(9-11-22)27-19-13-16(23)12-15-14-24-21(26-20(15)19)25-17-6-4-3-5-7-17/h3-7,12-14,18H,8-11H2,1-2H3,(H,24,25,26). The number of fused-ring (bicyclic) bond motifs is 1. The molecule has 1 saturated carbocycles. The lowest BCUT2D eigenvalue weighted by Gasteiger charge is -2.34. The van der Waals surface area contributed by atoms with E-state index in [0.717, 1.165) is 39.7 Å². The fourth-order valence-corrected chi connectivity index (χ4v) is 4.00. The second-order valence-electron chi connectivity index (χ2n) is 8.01. The fraction of sp³-hybridized carbons (Fsp3) is 0.364. The Kier molecular flexibility index (Phi) is 5.04. The third-order valence-electron chi connectivity index (χ3n) is 5.22. The molecular weight excluding hydrogens is 402 g/mol. The van der Waals surface area contributed by atoms with Crippen molar-refractivity contribution in [2.75, 3.05) is 5.32 Å². The van der Waals surface area contributed by atoms with Gasteiger partial charge < -0.3 is 10.1 Å². The van der Waals surface area contributed by atoms with Gasteiger partial charge in [-0.3, -0.25) is 0 Å². The van der Waals surface area contributed by atoms with E-state index < -0.39 is 0 Å². The minimum absolute atomic E-state index is 0.246. The van der Waals surface area contributed by atoms with Crippen LogP contribution in [-0.2, 0) is 0 Å². The summed E-state index contributed by atoms with van der Waals surface area (Å²) in [6, 6.07) is 14.0. The van der Waals surface area contributed by atoms with E-state index in [1.165, 1.54) is 12.8 Å². The summed E-state index contributed by atoms with van der Waals surface area (Å²) in [4.78, 5) is 9.19. The maximum absolute atomic E-state index is 6.40. The quantitative estimate of drug-likeness (QED) is 0.519. The zero-order valence-electron chi connectivity index (χ0n) is 15.7. The van der Waals surface area contributed by atoms with Crippen LogP contribution in [0.1, 0.15) is 39.5 Å². The molecule has 1 heterocycles. The molecule has 4 nitrogen and oxygen atoms in total. The molecule has 0 radical (unpaired) electrons. The van der Waals surface area contributed by atoms with E-state index in [2.05, 4.69) is 40.1 Å². The Labute approximate surface area is 168 Å². The number of ether oxygens (including phenoxy) is 1. The van der Waals surface area contributed by atoms with Gasteiger partial charge in [-0.15, -0.1) is 0 Å². The minimum atomic E-state index is 0.246. The second-order valence-corrected chi connectivity index (χ2v) is 8.92. The average molecular weight is 426 g/mol. The lowest BCUT2D eigenvalue weighted by Crippen LogP contribution is -2.28. The van der Waals surface area contributed by atoms with Crippen LogP contribution in [0, 0.1) is 5.41 Å². The predicted octanol–water partition coefficient (Wildman–Crippen LogP) is 6.48. The highest BCUT2D eigenvalue weighted by atomic mass is 79.9. The van der Waals surface area contributed by atoms with Crippen LogP contribution < -0.4 is 10.1 Å². The van der Waals surface area contributed by atoms with Gasteiger partial charge in [-0.1, -0.05) is 48.0 Å². The van der Waals surface area contributed by atoms with E-state index in [0.29, 0.717) is 11.4 Å². The third-order valence-corrected chi connectivity index (χ3v) is 5.68. The van der Waals surface area contributed by atoms with Crippen LogP contribution >= 0.6 is 15.9 Å². The zero-order chi connectivity index (χ0) is 18.9. The van der Waals surface area contributed by atoms with E-state index in [9.17, 15) is 0 Å². The van der Waals surface area contributed by atoms with Gasteiger partial charge in [-0.2, -0.15) is 0 Å². The maximum Gasteiger partial charge on any atom is 0.227 e. The molecule has 140 valence electrons. The molecule has 1 N–H and O–H groups in total. The van der Waals surface area contributed by atoms with Gasteiger partial charge >= 0.3 is 0 Å². The molecule has 0 unspecified atom stereocenters. The number of hydrogen-bond acceptors (Lipinski definition) is 4. The molecule has 0 spiro atoms. The normalized spacial score (nSPS) is 17.0. The van der Waals surface area contributed by atoms with Gasteiger partial charge in [-0.05, 0) is 55.4 Å². The highest BCUT2D eigenvalue weighted by Crippen LogP contribution is 2.38. The van der Waals surface area contributed by atoms with Gasteiger partial charge in [-0.25, -0.2) is 9.97 Å². The summed E-state index contributed by atoms with van der Waals surface area (Å²) in [5.41, 5.74) is 2.23. The van der Waals surface area contributed by atoms with Crippen LogP contribution in [0.3, 0.4) is 0 Å². The van der Waals surface area contributed by atoms with Gasteiger partial charge in [0.05, 0.1) is 6.10 Å². The summed E-state index contributed by atoms with van der Waals surface area (Å²) in [6.07, 6.45) is 6.65. The number of aromatic nitrogens is 2. The van der Waals surface area contributed by atoms with Crippen molar-refractivity contribution in [3.63, 3.8) is 0 Å². The van der Waals surface area contributed by atoms with Gasteiger partial charge in [0.1, 0.15) is 11.3 Å². The first-order valence-corrected chi connectivity index (χ1v) is 10.2. The Hall–Kier alpha value is -2.14. The predicted molar refractivity (Wildman–Crippen MR) is 114 cm³/mol. The molecule has 1 aliphatic rings. The Balaban J connectivity index is 1.62. The van der Waals surface area contributed by atoms with Gasteiger partial charge in [0.15, 0.2) is 0 Å². The first-order chi connectivity index (χ1) is 13.0. The molecule has 0 atom stereocenters. The Bertz CT molecular complexity index is 933. The molecule has 0 saturated heterocycles. The summed E-state index contributed by atoms with van der Waals surface area (Å²) < 4.78 is 7.38. The molecule has 3 aromatic rings. The van der Waals surface area contributed by atoms with Crippen LogP contribution in [0.5, 0.6) is 5.75 Å². The van der Waals surface area contributed by atoms with E-state index in [1.54, 1.807) is 0 Å². The molecule has 4 rings (SSSR count). The molecule has 1 aliphatic carbocycles. The minimum Gasteiger partial charge on any atom is -0.488 e. The van der Waals surface area contributed by atoms with Gasteiger partial charge in [0.2, 0.25) is 5.95 Å².